The fraction of sp³-hybridized carbons (Fsp3) is 0.211. The average Bonchev–Trinajstić information content (AvgIpc) is 2.54. The van der Waals surface area contributed by atoms with Crippen LogP contribution >= 0.6 is 0 Å². The molecule has 1 aliphatic heterocycles. The van der Waals surface area contributed by atoms with Gasteiger partial charge in [0.15, 0.2) is 0 Å². The highest BCUT2D eigenvalue weighted by atomic mass is 16.5. The van der Waals surface area contributed by atoms with Gasteiger partial charge in [0.25, 0.3) is 0 Å². The van der Waals surface area contributed by atoms with E-state index in [0.717, 1.165) is 12.8 Å². The molecule has 0 fully saturated rings. The summed E-state index contributed by atoms with van der Waals surface area (Å²) in [4.78, 5) is 0. The van der Waals surface area contributed by atoms with Crippen LogP contribution in [0.15, 0.2) is 48.7 Å². The molecule has 0 N–H and O–H groups in total. The molecule has 0 saturated heterocycles. The fourth-order valence-electron chi connectivity index (χ4n) is 3.20. The molecule has 4 rings (SSSR count). The van der Waals surface area contributed by atoms with E-state index in [-0.39, 0.29) is 0 Å². The lowest BCUT2D eigenvalue weighted by molar-refractivity contribution is 0.233. The Morgan fingerprint density at radius 1 is 1.05 bits per heavy atom. The summed E-state index contributed by atoms with van der Waals surface area (Å²) < 4.78 is 5.49. The molecule has 0 spiro atoms. The highest BCUT2D eigenvalue weighted by Gasteiger charge is 2.24. The van der Waals surface area contributed by atoms with Gasteiger partial charge in [0.1, 0.15) is 6.61 Å². The van der Waals surface area contributed by atoms with Crippen molar-refractivity contribution in [1.82, 2.24) is 0 Å². The molecule has 0 bridgehead atoms. The number of rotatable bonds is 1. The number of hydrogen-bond donors (Lipinski definition) is 0. The Bertz CT molecular complexity index is 669. The van der Waals surface area contributed by atoms with Gasteiger partial charge < -0.3 is 4.74 Å². The van der Waals surface area contributed by atoms with E-state index in [2.05, 4.69) is 55.0 Å². The Balaban J connectivity index is 1.72. The van der Waals surface area contributed by atoms with Crippen molar-refractivity contribution in [2.24, 2.45) is 0 Å². The lowest BCUT2D eigenvalue weighted by Crippen LogP contribution is -2.14. The first-order valence-electron chi connectivity index (χ1n) is 7.16. The van der Waals surface area contributed by atoms with Crippen molar-refractivity contribution in [3.63, 3.8) is 0 Å². The molecule has 1 heteroatoms. The molecule has 1 unspecified atom stereocenters. The van der Waals surface area contributed by atoms with Gasteiger partial charge >= 0.3 is 0 Å². The van der Waals surface area contributed by atoms with Crippen molar-refractivity contribution in [3.05, 3.63) is 83.0 Å². The minimum atomic E-state index is 0.384. The molecule has 2 aromatic rings. The van der Waals surface area contributed by atoms with Gasteiger partial charge in [0.2, 0.25) is 0 Å². The Labute approximate surface area is 119 Å². The first kappa shape index (κ1) is 11.8. The van der Waals surface area contributed by atoms with Gasteiger partial charge in [-0.1, -0.05) is 42.5 Å². The van der Waals surface area contributed by atoms with Crippen molar-refractivity contribution in [1.29, 1.82) is 0 Å². The van der Waals surface area contributed by atoms with E-state index in [9.17, 15) is 0 Å². The maximum Gasteiger partial charge on any atom is 0.113 e. The average molecular weight is 260 g/mol. The van der Waals surface area contributed by atoms with E-state index in [1.165, 1.54) is 27.8 Å². The normalized spacial score (nSPS) is 19.9. The predicted molar refractivity (Wildman–Crippen MR) is 80.1 cm³/mol. The van der Waals surface area contributed by atoms with Crippen molar-refractivity contribution < 1.29 is 4.74 Å². The summed E-state index contributed by atoms with van der Waals surface area (Å²) in [6.07, 6.45) is 9.80. The van der Waals surface area contributed by atoms with Gasteiger partial charge in [-0.3, -0.25) is 0 Å². The molecule has 0 amide bonds. The second-order valence-corrected chi connectivity index (χ2v) is 5.42. The van der Waals surface area contributed by atoms with Crippen LogP contribution in [0.4, 0.5) is 0 Å². The largest absolute Gasteiger partial charge is 0.496 e. The summed E-state index contributed by atoms with van der Waals surface area (Å²) in [5, 5.41) is 0. The molecule has 2 radical (unpaired) electrons. The van der Waals surface area contributed by atoms with Gasteiger partial charge in [-0.05, 0) is 47.1 Å². The Hall–Kier alpha value is -2.02. The lowest BCUT2D eigenvalue weighted by atomic mass is 9.78. The van der Waals surface area contributed by atoms with Crippen LogP contribution in [0.25, 0.3) is 6.08 Å². The first-order valence-corrected chi connectivity index (χ1v) is 7.16. The second-order valence-electron chi connectivity index (χ2n) is 5.42. The summed E-state index contributed by atoms with van der Waals surface area (Å²) >= 11 is 0. The monoisotopic (exact) mass is 260 g/mol. The highest BCUT2D eigenvalue weighted by molar-refractivity contribution is 5.58. The van der Waals surface area contributed by atoms with Crippen LogP contribution in [0.2, 0.25) is 0 Å². The zero-order valence-electron chi connectivity index (χ0n) is 11.3. The van der Waals surface area contributed by atoms with Crippen molar-refractivity contribution in [2.45, 2.75) is 25.4 Å². The Morgan fingerprint density at radius 3 is 3.00 bits per heavy atom. The molecule has 1 aliphatic carbocycles. The summed E-state index contributed by atoms with van der Waals surface area (Å²) in [7, 11) is 0. The summed E-state index contributed by atoms with van der Waals surface area (Å²) in [5.41, 5.74) is 6.68. The van der Waals surface area contributed by atoms with E-state index in [1.807, 2.05) is 0 Å². The third-order valence-electron chi connectivity index (χ3n) is 4.24. The molecule has 2 aliphatic rings. The molecule has 20 heavy (non-hydrogen) atoms. The third kappa shape index (κ3) is 1.94. The zero-order chi connectivity index (χ0) is 13.4. The summed E-state index contributed by atoms with van der Waals surface area (Å²) in [6, 6.07) is 15.1. The quantitative estimate of drug-likeness (QED) is 0.740. The summed E-state index contributed by atoms with van der Waals surface area (Å²) in [6.45, 7) is 0.682. The minimum Gasteiger partial charge on any atom is -0.496 e. The molecule has 2 aromatic carbocycles. The van der Waals surface area contributed by atoms with Crippen LogP contribution in [-0.2, 0) is 17.8 Å². The number of aryl methyl sites for hydroxylation is 1. The molecular formula is C19H16O. The molecular weight excluding hydrogens is 244 g/mol. The van der Waals surface area contributed by atoms with Gasteiger partial charge in [-0.15, -0.1) is 0 Å². The van der Waals surface area contributed by atoms with Crippen LogP contribution in [0.3, 0.4) is 0 Å². The minimum absolute atomic E-state index is 0.384. The van der Waals surface area contributed by atoms with Crippen LogP contribution in [0.1, 0.15) is 40.2 Å². The third-order valence-corrected chi connectivity index (χ3v) is 4.24. The van der Waals surface area contributed by atoms with E-state index >= 15 is 0 Å². The van der Waals surface area contributed by atoms with Gasteiger partial charge in [0, 0.05) is 12.0 Å². The van der Waals surface area contributed by atoms with E-state index in [4.69, 9.17) is 4.74 Å². The van der Waals surface area contributed by atoms with Crippen molar-refractivity contribution in [2.75, 3.05) is 0 Å². The number of ether oxygens (including phenoxy) is 1. The molecule has 98 valence electrons. The number of benzene rings is 2. The van der Waals surface area contributed by atoms with Crippen molar-refractivity contribution >= 4 is 6.08 Å². The van der Waals surface area contributed by atoms with E-state index in [1.54, 1.807) is 6.26 Å². The maximum atomic E-state index is 5.49. The number of fused-ring (bicyclic) bond motifs is 2. The van der Waals surface area contributed by atoms with Crippen LogP contribution in [0, 0.1) is 6.42 Å². The standard InChI is InChI=1S/C19H16O/c1-2-5-16-12-17(9-8-14(16)4-1)18-7-3-6-15-10-11-20-13-19(15)18/h1-7,10-11,17H,8-9,13H2. The summed E-state index contributed by atoms with van der Waals surface area (Å²) in [5.74, 6) is 0.384. The maximum absolute atomic E-state index is 5.49. The van der Waals surface area contributed by atoms with Crippen LogP contribution < -0.4 is 0 Å². The topological polar surface area (TPSA) is 9.23 Å². The van der Waals surface area contributed by atoms with Crippen LogP contribution in [-0.4, -0.2) is 0 Å². The van der Waals surface area contributed by atoms with Crippen LogP contribution in [0.5, 0.6) is 0 Å². The van der Waals surface area contributed by atoms with Crippen molar-refractivity contribution in [3.8, 4) is 0 Å². The smallest absolute Gasteiger partial charge is 0.113 e. The molecule has 0 saturated carbocycles. The molecule has 1 heterocycles. The van der Waals surface area contributed by atoms with Gasteiger partial charge in [-0.2, -0.15) is 0 Å². The molecule has 0 aromatic heterocycles. The lowest BCUT2D eigenvalue weighted by Gasteiger charge is -2.27. The molecule has 1 atom stereocenters. The van der Waals surface area contributed by atoms with Gasteiger partial charge in [-0.25, -0.2) is 0 Å². The van der Waals surface area contributed by atoms with E-state index < -0.39 is 0 Å². The molecule has 1 nitrogen and oxygen atoms in total. The Morgan fingerprint density at radius 2 is 2.00 bits per heavy atom. The van der Waals surface area contributed by atoms with Gasteiger partial charge in [0.05, 0.1) is 6.26 Å². The van der Waals surface area contributed by atoms with E-state index in [0.29, 0.717) is 12.5 Å². The predicted octanol–water partition coefficient (Wildman–Crippen LogP) is 4.35. The zero-order valence-corrected chi connectivity index (χ0v) is 11.3. The second kappa shape index (κ2) is 4.82. The SMILES string of the molecule is [C]1c2ccccc2CCC1c1cccc2c1COC=C2. The number of hydrogen-bond acceptors (Lipinski definition) is 1. The highest BCUT2D eigenvalue weighted by Crippen LogP contribution is 2.37. The fourth-order valence-corrected chi connectivity index (χ4v) is 3.20. The first-order chi connectivity index (χ1) is 9.92. The Kier molecular flexibility index (Phi) is 2.84.